The molecule has 1 aromatic carbocycles. The van der Waals surface area contributed by atoms with E-state index in [9.17, 15) is 10.2 Å². The molecule has 0 amide bonds. The van der Waals surface area contributed by atoms with Gasteiger partial charge in [-0.15, -0.1) is 0 Å². The first kappa shape index (κ1) is 26.5. The van der Waals surface area contributed by atoms with Gasteiger partial charge < -0.3 is 30.9 Å². The van der Waals surface area contributed by atoms with Gasteiger partial charge in [0.05, 0.1) is 52.2 Å². The number of aliphatic hydroxyl groups is 2. The molecule has 3 atom stereocenters. The fourth-order valence-electron chi connectivity index (χ4n) is 5.58. The van der Waals surface area contributed by atoms with Crippen LogP contribution in [0, 0.1) is 17.6 Å². The summed E-state index contributed by atoms with van der Waals surface area (Å²) in [5.74, 6) is -1.33. The normalized spacial score (nSPS) is 22.9. The number of aromatic nitrogens is 4. The SMILES string of the molecule is C[C@H]1CN(c2ccncc2Nc2ncc3ccc(-c4c(F)cc(C5(O)CCOCC5)cc4F)nn23)C[C@@H](N)[C@@H]1O. The maximum atomic E-state index is 15.3. The maximum Gasteiger partial charge on any atom is 0.229 e. The van der Waals surface area contributed by atoms with Crippen molar-refractivity contribution in [2.75, 3.05) is 36.5 Å². The van der Waals surface area contributed by atoms with E-state index in [0.717, 1.165) is 5.69 Å². The molecule has 5 heterocycles. The van der Waals surface area contributed by atoms with Crippen molar-refractivity contribution < 1.29 is 23.7 Å². The first-order chi connectivity index (χ1) is 19.2. The average molecular weight is 552 g/mol. The van der Waals surface area contributed by atoms with Crippen molar-refractivity contribution in [3.8, 4) is 11.3 Å². The number of fused-ring (bicyclic) bond motifs is 1. The Morgan fingerprint density at radius 3 is 2.58 bits per heavy atom. The molecule has 0 aliphatic carbocycles. The zero-order valence-electron chi connectivity index (χ0n) is 22.0. The summed E-state index contributed by atoms with van der Waals surface area (Å²) >= 11 is 0. The monoisotopic (exact) mass is 551 g/mol. The van der Waals surface area contributed by atoms with E-state index in [4.69, 9.17) is 10.5 Å². The number of pyridine rings is 1. The molecular weight excluding hydrogens is 520 g/mol. The van der Waals surface area contributed by atoms with E-state index < -0.39 is 29.4 Å². The number of hydrogen-bond acceptors (Lipinski definition) is 9. The molecule has 0 radical (unpaired) electrons. The third-order valence-electron chi connectivity index (χ3n) is 7.89. The molecule has 0 unspecified atom stereocenters. The zero-order chi connectivity index (χ0) is 28.0. The fourth-order valence-corrected chi connectivity index (χ4v) is 5.58. The van der Waals surface area contributed by atoms with Gasteiger partial charge in [0.2, 0.25) is 5.95 Å². The number of hydrogen-bond donors (Lipinski definition) is 4. The third-order valence-corrected chi connectivity index (χ3v) is 7.89. The lowest BCUT2D eigenvalue weighted by atomic mass is 9.85. The number of piperidine rings is 1. The van der Waals surface area contributed by atoms with Crippen molar-refractivity contribution in [3.63, 3.8) is 0 Å². The zero-order valence-corrected chi connectivity index (χ0v) is 22.0. The second kappa shape index (κ2) is 10.4. The summed E-state index contributed by atoms with van der Waals surface area (Å²) in [4.78, 5) is 10.8. The summed E-state index contributed by atoms with van der Waals surface area (Å²) in [5, 5.41) is 29.0. The van der Waals surface area contributed by atoms with Crippen molar-refractivity contribution >= 4 is 22.8 Å². The summed E-state index contributed by atoms with van der Waals surface area (Å²) in [7, 11) is 0. The second-order valence-corrected chi connectivity index (χ2v) is 10.7. The van der Waals surface area contributed by atoms with Crippen molar-refractivity contribution in [2.24, 2.45) is 11.7 Å². The minimum absolute atomic E-state index is 0.0235. The van der Waals surface area contributed by atoms with E-state index in [1.807, 2.05) is 13.0 Å². The maximum absolute atomic E-state index is 15.3. The average Bonchev–Trinajstić information content (AvgIpc) is 3.33. The molecule has 12 heteroatoms. The highest BCUT2D eigenvalue weighted by atomic mass is 19.1. The molecule has 0 bridgehead atoms. The number of ether oxygens (including phenoxy) is 1. The minimum atomic E-state index is -1.34. The molecule has 5 N–H and O–H groups in total. The molecule has 0 spiro atoms. The van der Waals surface area contributed by atoms with Crippen LogP contribution in [0.5, 0.6) is 0 Å². The predicted molar refractivity (Wildman–Crippen MR) is 145 cm³/mol. The van der Waals surface area contributed by atoms with Gasteiger partial charge in [0, 0.05) is 57.3 Å². The molecule has 2 saturated heterocycles. The number of anilines is 3. The second-order valence-electron chi connectivity index (χ2n) is 10.7. The summed E-state index contributed by atoms with van der Waals surface area (Å²) in [6.07, 6.45) is 4.87. The Labute approximate surface area is 229 Å². The van der Waals surface area contributed by atoms with Gasteiger partial charge >= 0.3 is 0 Å². The van der Waals surface area contributed by atoms with Crippen LogP contribution in [0.4, 0.5) is 26.1 Å². The van der Waals surface area contributed by atoms with Crippen molar-refractivity contribution in [3.05, 3.63) is 66.1 Å². The molecule has 2 aliphatic rings. The lowest BCUT2D eigenvalue weighted by molar-refractivity contribution is -0.0682. The van der Waals surface area contributed by atoms with Crippen LogP contribution >= 0.6 is 0 Å². The Balaban J connectivity index is 1.33. The highest BCUT2D eigenvalue weighted by molar-refractivity contribution is 5.74. The van der Waals surface area contributed by atoms with E-state index >= 15 is 8.78 Å². The summed E-state index contributed by atoms with van der Waals surface area (Å²) < 4.78 is 37.4. The Morgan fingerprint density at radius 2 is 1.85 bits per heavy atom. The lowest BCUT2D eigenvalue weighted by Crippen LogP contribution is -2.55. The van der Waals surface area contributed by atoms with Crippen LogP contribution in [0.3, 0.4) is 0 Å². The molecule has 3 aromatic heterocycles. The Morgan fingerprint density at radius 1 is 1.10 bits per heavy atom. The largest absolute Gasteiger partial charge is 0.391 e. The van der Waals surface area contributed by atoms with Crippen LogP contribution in [0.25, 0.3) is 16.8 Å². The Bertz CT molecular complexity index is 1510. The van der Waals surface area contributed by atoms with Crippen LogP contribution in [-0.2, 0) is 10.3 Å². The van der Waals surface area contributed by atoms with E-state index in [1.54, 1.807) is 24.7 Å². The van der Waals surface area contributed by atoms with Crippen molar-refractivity contribution in [2.45, 2.75) is 37.5 Å². The topological polar surface area (TPSA) is 134 Å². The molecule has 6 rings (SSSR count). The van der Waals surface area contributed by atoms with Gasteiger partial charge in [0.1, 0.15) is 11.6 Å². The molecule has 210 valence electrons. The molecule has 2 fully saturated rings. The van der Waals surface area contributed by atoms with Gasteiger partial charge in [-0.05, 0) is 35.9 Å². The van der Waals surface area contributed by atoms with Gasteiger partial charge in [0.25, 0.3) is 0 Å². The van der Waals surface area contributed by atoms with E-state index in [1.165, 1.54) is 22.7 Å². The number of halogens is 2. The number of benzene rings is 1. The van der Waals surface area contributed by atoms with Crippen LogP contribution in [0.2, 0.25) is 0 Å². The summed E-state index contributed by atoms with van der Waals surface area (Å²) in [6, 6.07) is 7.01. The molecule has 0 saturated carbocycles. The molecule has 10 nitrogen and oxygen atoms in total. The first-order valence-electron chi connectivity index (χ1n) is 13.3. The van der Waals surface area contributed by atoms with E-state index in [2.05, 4.69) is 25.3 Å². The van der Waals surface area contributed by atoms with Gasteiger partial charge in [-0.3, -0.25) is 4.98 Å². The highest BCUT2D eigenvalue weighted by Crippen LogP contribution is 2.36. The smallest absolute Gasteiger partial charge is 0.229 e. The Hall–Kier alpha value is -3.71. The number of nitrogens with two attached hydrogens (primary N) is 1. The summed E-state index contributed by atoms with van der Waals surface area (Å²) in [5.41, 5.74) is 6.89. The molecular formula is C28H31F2N7O3. The van der Waals surface area contributed by atoms with Gasteiger partial charge in [-0.25, -0.2) is 13.8 Å². The van der Waals surface area contributed by atoms with Crippen molar-refractivity contribution in [1.29, 1.82) is 0 Å². The van der Waals surface area contributed by atoms with Crippen LogP contribution in [0.15, 0.2) is 48.9 Å². The number of imidazole rings is 1. The standard InChI is InChI=1S/C28H31F2N7O3/c1-16-14-36(15-21(31)26(16)38)24-4-7-32-13-23(24)34-27-33-12-18-2-3-22(35-37(18)27)25-19(29)10-17(11-20(25)30)28(39)5-8-40-9-6-28/h2-4,7,10-13,16,21,26,38-39H,5-6,8-9,14-15,31H2,1H3,(H,33,34)/t16-,21+,26+/m0/s1. The molecule has 40 heavy (non-hydrogen) atoms. The Kier molecular flexibility index (Phi) is 6.87. The van der Waals surface area contributed by atoms with Crippen LogP contribution in [-0.4, -0.2) is 68.2 Å². The van der Waals surface area contributed by atoms with Gasteiger partial charge in [-0.1, -0.05) is 6.92 Å². The minimum Gasteiger partial charge on any atom is -0.391 e. The van der Waals surface area contributed by atoms with E-state index in [-0.39, 0.29) is 35.6 Å². The number of rotatable bonds is 5. The van der Waals surface area contributed by atoms with E-state index in [0.29, 0.717) is 43.5 Å². The fraction of sp³-hybridized carbons (Fsp3) is 0.393. The number of nitrogens with zero attached hydrogens (tertiary/aromatic N) is 5. The van der Waals surface area contributed by atoms with Crippen LogP contribution < -0.4 is 16.0 Å². The van der Waals surface area contributed by atoms with Gasteiger partial charge in [-0.2, -0.15) is 9.61 Å². The molecule has 2 aliphatic heterocycles. The quantitative estimate of drug-likeness (QED) is 0.295. The first-order valence-corrected chi connectivity index (χ1v) is 13.3. The number of nitrogens with one attached hydrogen (secondary N) is 1. The van der Waals surface area contributed by atoms with Crippen molar-refractivity contribution in [1.82, 2.24) is 19.6 Å². The van der Waals surface area contributed by atoms with Gasteiger partial charge in [0.15, 0.2) is 0 Å². The predicted octanol–water partition coefficient (Wildman–Crippen LogP) is 2.96. The lowest BCUT2D eigenvalue weighted by Gasteiger charge is -2.40. The van der Waals surface area contributed by atoms with Crippen LogP contribution in [0.1, 0.15) is 25.3 Å². The summed E-state index contributed by atoms with van der Waals surface area (Å²) in [6.45, 7) is 3.66. The number of aliphatic hydroxyl groups excluding tert-OH is 1. The third kappa shape index (κ3) is 4.77. The highest BCUT2D eigenvalue weighted by Gasteiger charge is 2.34. The molecule has 4 aromatic rings.